The quantitative estimate of drug-likeness (QED) is 0.920. The highest BCUT2D eigenvalue weighted by atomic mass is 35.5. The number of hydrogen-bond acceptors (Lipinski definition) is 4. The van der Waals surface area contributed by atoms with Gasteiger partial charge in [-0.1, -0.05) is 11.6 Å². The highest BCUT2D eigenvalue weighted by molar-refractivity contribution is 7.16. The van der Waals surface area contributed by atoms with Gasteiger partial charge in [0.15, 0.2) is 0 Å². The molecule has 2 N–H and O–H groups in total. The molecule has 4 nitrogen and oxygen atoms in total. The predicted molar refractivity (Wildman–Crippen MR) is 86.4 cm³/mol. The number of nitrogens with two attached hydrogens (primary N) is 1. The largest absolute Gasteiger partial charge is 0.340 e. The van der Waals surface area contributed by atoms with E-state index in [-0.39, 0.29) is 5.91 Å². The number of amides is 1. The lowest BCUT2D eigenvalue weighted by Crippen LogP contribution is -2.38. The summed E-state index contributed by atoms with van der Waals surface area (Å²) in [6.45, 7) is 3.16. The molecule has 2 fully saturated rings. The van der Waals surface area contributed by atoms with Crippen LogP contribution in [0.5, 0.6) is 0 Å². The van der Waals surface area contributed by atoms with Crippen LogP contribution in [-0.2, 0) is 11.3 Å². The molecule has 1 aliphatic carbocycles. The second-order valence-electron chi connectivity index (χ2n) is 6.31. The molecule has 0 radical (unpaired) electrons. The lowest BCUT2D eigenvalue weighted by molar-refractivity contribution is -0.131. The Bertz CT molecular complexity index is 521. The van der Waals surface area contributed by atoms with Gasteiger partial charge in [0.2, 0.25) is 5.91 Å². The zero-order chi connectivity index (χ0) is 15.0. The van der Waals surface area contributed by atoms with Crippen LogP contribution in [0.2, 0.25) is 4.34 Å². The molecule has 3 rings (SSSR count). The van der Waals surface area contributed by atoms with E-state index in [1.54, 1.807) is 4.90 Å². The van der Waals surface area contributed by atoms with Gasteiger partial charge in [0.05, 0.1) is 17.4 Å². The first-order valence-electron chi connectivity index (χ1n) is 7.49. The van der Waals surface area contributed by atoms with E-state index in [1.807, 2.05) is 19.2 Å². The Kier molecular flexibility index (Phi) is 4.54. The van der Waals surface area contributed by atoms with Crippen LogP contribution in [0.1, 0.15) is 17.7 Å². The van der Waals surface area contributed by atoms with Crippen molar-refractivity contribution >= 4 is 28.8 Å². The molecule has 1 saturated carbocycles. The first kappa shape index (κ1) is 15.3. The van der Waals surface area contributed by atoms with Crippen molar-refractivity contribution in [2.24, 2.45) is 17.6 Å². The van der Waals surface area contributed by atoms with Gasteiger partial charge < -0.3 is 10.6 Å². The molecule has 116 valence electrons. The third-order valence-electron chi connectivity index (χ3n) is 4.79. The molecule has 21 heavy (non-hydrogen) atoms. The fourth-order valence-electron chi connectivity index (χ4n) is 3.60. The second kappa shape index (κ2) is 6.24. The first-order valence-corrected chi connectivity index (χ1v) is 8.68. The van der Waals surface area contributed by atoms with Gasteiger partial charge in [0, 0.05) is 31.1 Å². The number of carbonyl (C=O) groups excluding carboxylic acids is 1. The Balaban J connectivity index is 1.50. The van der Waals surface area contributed by atoms with E-state index in [9.17, 15) is 4.79 Å². The topological polar surface area (TPSA) is 49.6 Å². The molecule has 1 aromatic rings. The normalized spacial score (nSPS) is 28.8. The van der Waals surface area contributed by atoms with Crippen LogP contribution in [-0.4, -0.2) is 48.4 Å². The summed E-state index contributed by atoms with van der Waals surface area (Å²) in [7, 11) is 1.86. The summed E-state index contributed by atoms with van der Waals surface area (Å²) in [5, 5.41) is 0. The number of carbonyl (C=O) groups is 1. The van der Waals surface area contributed by atoms with Gasteiger partial charge >= 0.3 is 0 Å². The van der Waals surface area contributed by atoms with Crippen molar-refractivity contribution in [1.82, 2.24) is 9.80 Å². The van der Waals surface area contributed by atoms with E-state index in [0.717, 1.165) is 28.7 Å². The Labute approximate surface area is 134 Å². The van der Waals surface area contributed by atoms with Crippen LogP contribution in [0.4, 0.5) is 0 Å². The molecule has 3 atom stereocenters. The summed E-state index contributed by atoms with van der Waals surface area (Å²) in [5.74, 6) is 1.47. The lowest BCUT2D eigenvalue weighted by atomic mass is 9.98. The van der Waals surface area contributed by atoms with Gasteiger partial charge in [-0.2, -0.15) is 0 Å². The number of likely N-dealkylation sites (N-methyl/N-ethyl adjacent to an activating group) is 1. The zero-order valence-corrected chi connectivity index (χ0v) is 13.9. The third-order valence-corrected chi connectivity index (χ3v) is 6.01. The Morgan fingerprint density at radius 1 is 1.48 bits per heavy atom. The summed E-state index contributed by atoms with van der Waals surface area (Å²) in [4.78, 5) is 17.5. The predicted octanol–water partition coefficient (Wildman–Crippen LogP) is 2.03. The van der Waals surface area contributed by atoms with Crippen molar-refractivity contribution in [3.8, 4) is 0 Å². The molecule has 1 aliphatic heterocycles. The van der Waals surface area contributed by atoms with Crippen LogP contribution < -0.4 is 5.73 Å². The molecule has 1 saturated heterocycles. The second-order valence-corrected chi connectivity index (χ2v) is 8.11. The van der Waals surface area contributed by atoms with Crippen LogP contribution >= 0.6 is 22.9 Å². The molecule has 6 heteroatoms. The Morgan fingerprint density at radius 3 is 2.95 bits per heavy atom. The minimum absolute atomic E-state index is 0.174. The summed E-state index contributed by atoms with van der Waals surface area (Å²) >= 11 is 7.46. The maximum Gasteiger partial charge on any atom is 0.236 e. The summed E-state index contributed by atoms with van der Waals surface area (Å²) < 4.78 is 0.771. The molecule has 0 bridgehead atoms. The number of halogens is 1. The van der Waals surface area contributed by atoms with Crippen LogP contribution in [0.25, 0.3) is 0 Å². The van der Waals surface area contributed by atoms with Gasteiger partial charge in [-0.3, -0.25) is 9.69 Å². The van der Waals surface area contributed by atoms with Crippen molar-refractivity contribution in [1.29, 1.82) is 0 Å². The van der Waals surface area contributed by atoms with Crippen molar-refractivity contribution in [3.63, 3.8) is 0 Å². The van der Waals surface area contributed by atoms with Crippen LogP contribution in [0, 0.1) is 11.8 Å². The van der Waals surface area contributed by atoms with Gasteiger partial charge in [0.1, 0.15) is 0 Å². The van der Waals surface area contributed by atoms with E-state index < -0.39 is 0 Å². The van der Waals surface area contributed by atoms with E-state index in [1.165, 1.54) is 17.8 Å². The van der Waals surface area contributed by atoms with Crippen LogP contribution in [0.3, 0.4) is 0 Å². The minimum Gasteiger partial charge on any atom is -0.340 e. The van der Waals surface area contributed by atoms with Crippen molar-refractivity contribution in [2.45, 2.75) is 25.4 Å². The maximum atomic E-state index is 12.3. The zero-order valence-electron chi connectivity index (χ0n) is 12.3. The van der Waals surface area contributed by atoms with E-state index in [2.05, 4.69) is 4.90 Å². The molecule has 1 aromatic heterocycles. The third kappa shape index (κ3) is 3.42. The molecule has 3 unspecified atom stereocenters. The number of nitrogens with zero attached hydrogens (tertiary/aromatic N) is 2. The monoisotopic (exact) mass is 327 g/mol. The molecular weight excluding hydrogens is 306 g/mol. The molecule has 2 heterocycles. The molecular formula is C15H22ClN3OS. The van der Waals surface area contributed by atoms with E-state index in [0.29, 0.717) is 31.0 Å². The van der Waals surface area contributed by atoms with Gasteiger partial charge in [0.25, 0.3) is 0 Å². The first-order chi connectivity index (χ1) is 10.0. The number of rotatable bonds is 4. The molecule has 2 aliphatic rings. The number of fused-ring (bicyclic) bond motifs is 1. The van der Waals surface area contributed by atoms with Crippen molar-refractivity contribution in [2.75, 3.05) is 26.7 Å². The van der Waals surface area contributed by atoms with Crippen LogP contribution in [0.15, 0.2) is 12.1 Å². The summed E-state index contributed by atoms with van der Waals surface area (Å²) in [6.07, 6.45) is 2.37. The maximum absolute atomic E-state index is 12.3. The van der Waals surface area contributed by atoms with E-state index in [4.69, 9.17) is 17.3 Å². The smallest absolute Gasteiger partial charge is 0.236 e. The number of hydrogen-bond donors (Lipinski definition) is 1. The van der Waals surface area contributed by atoms with Gasteiger partial charge in [-0.25, -0.2) is 0 Å². The van der Waals surface area contributed by atoms with Gasteiger partial charge in [-0.15, -0.1) is 11.3 Å². The Hall–Kier alpha value is -0.620. The van der Waals surface area contributed by atoms with Crippen molar-refractivity contribution in [3.05, 3.63) is 21.3 Å². The fourth-order valence-corrected chi connectivity index (χ4v) is 4.74. The molecule has 0 spiro atoms. The highest BCUT2D eigenvalue weighted by Crippen LogP contribution is 2.36. The average Bonchev–Trinajstić information content (AvgIpc) is 3.09. The Morgan fingerprint density at radius 2 is 2.29 bits per heavy atom. The molecule has 0 aromatic carbocycles. The standard InChI is InChI=1S/C15H22ClN3OS/c1-18(7-11-3-5-14(16)21-11)15(20)9-19-6-10-2-4-13(17)12(10)8-19/h3,5,10,12-13H,2,4,6-9,17H2,1H3. The van der Waals surface area contributed by atoms with E-state index >= 15 is 0 Å². The summed E-state index contributed by atoms with van der Waals surface area (Å²) in [5.41, 5.74) is 6.14. The minimum atomic E-state index is 0.174. The molecule has 1 amide bonds. The number of likely N-dealkylation sites (tertiary alicyclic amines) is 1. The fraction of sp³-hybridized carbons (Fsp3) is 0.667. The van der Waals surface area contributed by atoms with Crippen molar-refractivity contribution < 1.29 is 4.79 Å². The van der Waals surface area contributed by atoms with Gasteiger partial charge in [-0.05, 0) is 36.8 Å². The average molecular weight is 328 g/mol. The highest BCUT2D eigenvalue weighted by Gasteiger charge is 2.41. The summed E-state index contributed by atoms with van der Waals surface area (Å²) in [6, 6.07) is 4.19. The lowest BCUT2D eigenvalue weighted by Gasteiger charge is -2.22. The SMILES string of the molecule is CN(Cc1ccc(Cl)s1)C(=O)CN1CC2CCC(N)C2C1. The number of thiophene rings is 1.